The molecule has 0 spiro atoms. The van der Waals surface area contributed by atoms with Crippen molar-refractivity contribution in [3.8, 4) is 0 Å². The van der Waals surface area contributed by atoms with Crippen molar-refractivity contribution < 1.29 is 9.72 Å². The van der Waals surface area contributed by atoms with E-state index in [1.165, 1.54) is 18.6 Å². The molecule has 2 bridgehead atoms. The molecule has 3 rings (SSSR count). The van der Waals surface area contributed by atoms with E-state index in [9.17, 15) is 14.9 Å². The summed E-state index contributed by atoms with van der Waals surface area (Å²) in [6.07, 6.45) is 3.20. The standard InChI is InChI=1S/C17H20BrN3O3/c1-16(2)11-6-7-17(16,3)14(9-11)19-20-15(22)10-4-5-12(18)13(8-10)21(23)24/h4-5,8,11H,6-7,9H2,1-3H3,(H,20,22)/b19-14+/t11-,17-/m0/s1. The van der Waals surface area contributed by atoms with Crippen molar-refractivity contribution in [2.75, 3.05) is 0 Å². The van der Waals surface area contributed by atoms with Crippen LogP contribution in [0.1, 0.15) is 50.4 Å². The highest BCUT2D eigenvalue weighted by molar-refractivity contribution is 9.10. The average Bonchev–Trinajstić information content (AvgIpc) is 2.85. The lowest BCUT2D eigenvalue weighted by Crippen LogP contribution is -2.34. The second-order valence-electron chi connectivity index (χ2n) is 7.42. The molecule has 2 atom stereocenters. The molecule has 2 fully saturated rings. The predicted octanol–water partition coefficient (Wildman–Crippen LogP) is 4.29. The molecule has 2 aliphatic rings. The summed E-state index contributed by atoms with van der Waals surface area (Å²) in [5.41, 5.74) is 3.90. The smallest absolute Gasteiger partial charge is 0.267 e. The lowest BCUT2D eigenvalue weighted by Gasteiger charge is -2.34. The van der Waals surface area contributed by atoms with Gasteiger partial charge in [0.2, 0.25) is 0 Å². The first-order valence-electron chi connectivity index (χ1n) is 7.98. The number of hydrazone groups is 1. The van der Waals surface area contributed by atoms with Gasteiger partial charge in [0.1, 0.15) is 0 Å². The molecule has 24 heavy (non-hydrogen) atoms. The fourth-order valence-corrected chi connectivity index (χ4v) is 4.47. The summed E-state index contributed by atoms with van der Waals surface area (Å²) < 4.78 is 0.345. The number of benzene rings is 1. The maximum atomic E-state index is 12.3. The minimum atomic E-state index is -0.522. The third-order valence-corrected chi connectivity index (χ3v) is 6.88. The summed E-state index contributed by atoms with van der Waals surface area (Å²) in [5, 5.41) is 15.4. The van der Waals surface area contributed by atoms with Crippen LogP contribution >= 0.6 is 15.9 Å². The molecule has 1 aromatic carbocycles. The average molecular weight is 394 g/mol. The number of nitro groups is 1. The van der Waals surface area contributed by atoms with Crippen molar-refractivity contribution in [3.05, 3.63) is 38.3 Å². The van der Waals surface area contributed by atoms with E-state index < -0.39 is 10.8 Å². The summed E-state index contributed by atoms with van der Waals surface area (Å²) in [7, 11) is 0. The molecule has 1 N–H and O–H groups in total. The molecule has 1 amide bonds. The fraction of sp³-hybridized carbons (Fsp3) is 0.529. The van der Waals surface area contributed by atoms with E-state index in [1.807, 2.05) is 0 Å². The Morgan fingerprint density at radius 1 is 1.42 bits per heavy atom. The van der Waals surface area contributed by atoms with Crippen molar-refractivity contribution in [2.45, 2.75) is 40.0 Å². The molecule has 0 aromatic heterocycles. The summed E-state index contributed by atoms with van der Waals surface area (Å²) in [6.45, 7) is 6.76. The molecule has 6 nitrogen and oxygen atoms in total. The molecular formula is C17H20BrN3O3. The van der Waals surface area contributed by atoms with Crippen molar-refractivity contribution in [1.82, 2.24) is 5.43 Å². The molecule has 1 aromatic rings. The number of rotatable bonds is 3. The number of nitro benzene ring substituents is 1. The zero-order valence-corrected chi connectivity index (χ0v) is 15.5. The van der Waals surface area contributed by atoms with Crippen molar-refractivity contribution >= 4 is 33.2 Å². The zero-order valence-electron chi connectivity index (χ0n) is 13.9. The van der Waals surface area contributed by atoms with Gasteiger partial charge < -0.3 is 0 Å². The van der Waals surface area contributed by atoms with Gasteiger partial charge in [-0.1, -0.05) is 20.8 Å². The second-order valence-corrected chi connectivity index (χ2v) is 8.27. The van der Waals surface area contributed by atoms with Crippen LogP contribution in [0.5, 0.6) is 0 Å². The Labute approximate surface area is 149 Å². The van der Waals surface area contributed by atoms with Crippen LogP contribution in [-0.4, -0.2) is 16.5 Å². The van der Waals surface area contributed by atoms with Gasteiger partial charge in [0.05, 0.1) is 9.40 Å². The van der Waals surface area contributed by atoms with E-state index in [1.54, 1.807) is 6.07 Å². The van der Waals surface area contributed by atoms with Crippen molar-refractivity contribution in [2.24, 2.45) is 21.8 Å². The number of amides is 1. The largest absolute Gasteiger partial charge is 0.284 e. The summed E-state index contributed by atoms with van der Waals surface area (Å²) in [6, 6.07) is 4.30. The van der Waals surface area contributed by atoms with Gasteiger partial charge in [-0.15, -0.1) is 0 Å². The first kappa shape index (κ1) is 17.1. The molecule has 128 valence electrons. The van der Waals surface area contributed by atoms with Gasteiger partial charge in [0.15, 0.2) is 0 Å². The van der Waals surface area contributed by atoms with Gasteiger partial charge >= 0.3 is 0 Å². The Morgan fingerprint density at radius 2 is 2.12 bits per heavy atom. The highest BCUT2D eigenvalue weighted by Gasteiger charge is 2.60. The normalized spacial score (nSPS) is 29.0. The maximum Gasteiger partial charge on any atom is 0.284 e. The van der Waals surface area contributed by atoms with Gasteiger partial charge in [-0.3, -0.25) is 14.9 Å². The van der Waals surface area contributed by atoms with Crippen molar-refractivity contribution in [3.63, 3.8) is 0 Å². The molecule has 0 unspecified atom stereocenters. The lowest BCUT2D eigenvalue weighted by atomic mass is 9.70. The van der Waals surface area contributed by atoms with Crippen LogP contribution in [0.3, 0.4) is 0 Å². The third-order valence-electron chi connectivity index (χ3n) is 6.21. The van der Waals surface area contributed by atoms with Crippen molar-refractivity contribution in [1.29, 1.82) is 0 Å². The second kappa shape index (κ2) is 5.65. The van der Waals surface area contributed by atoms with Crippen LogP contribution in [0.15, 0.2) is 27.8 Å². The number of nitrogens with zero attached hydrogens (tertiary/aromatic N) is 2. The number of hydrogen-bond acceptors (Lipinski definition) is 4. The zero-order chi connectivity index (χ0) is 17.7. The lowest BCUT2D eigenvalue weighted by molar-refractivity contribution is -0.385. The van der Waals surface area contributed by atoms with Gasteiger partial charge in [-0.25, -0.2) is 5.43 Å². The van der Waals surface area contributed by atoms with Crippen LogP contribution in [0, 0.1) is 26.9 Å². The van der Waals surface area contributed by atoms with E-state index >= 15 is 0 Å². The van der Waals surface area contributed by atoms with E-state index in [4.69, 9.17) is 0 Å². The van der Waals surface area contributed by atoms with Gasteiger partial charge in [0.25, 0.3) is 11.6 Å². The molecule has 0 heterocycles. The van der Waals surface area contributed by atoms with E-state index in [0.717, 1.165) is 18.6 Å². The van der Waals surface area contributed by atoms with E-state index in [2.05, 4.69) is 47.2 Å². The monoisotopic (exact) mass is 393 g/mol. The Bertz CT molecular complexity index is 759. The SMILES string of the molecule is CC1(C)[C@H]2CC[C@@]1(C)/C(=N/NC(=O)c1ccc(Br)c([N+](=O)[O-])c1)C2. The number of nitrogens with one attached hydrogen (secondary N) is 1. The number of fused-ring (bicyclic) bond motifs is 2. The van der Waals surface area contributed by atoms with Gasteiger partial charge in [0, 0.05) is 22.8 Å². The molecule has 2 aliphatic carbocycles. The number of hydrogen-bond donors (Lipinski definition) is 1. The van der Waals surface area contributed by atoms with Crippen LogP contribution in [-0.2, 0) is 0 Å². The highest BCUT2D eigenvalue weighted by atomic mass is 79.9. The molecule has 0 aliphatic heterocycles. The first-order valence-corrected chi connectivity index (χ1v) is 8.77. The van der Waals surface area contributed by atoms with Gasteiger partial charge in [-0.2, -0.15) is 5.10 Å². The molecule has 2 saturated carbocycles. The Balaban J connectivity index is 1.80. The predicted molar refractivity (Wildman–Crippen MR) is 94.9 cm³/mol. The summed E-state index contributed by atoms with van der Waals surface area (Å²) in [5.74, 6) is 0.175. The molecular weight excluding hydrogens is 374 g/mol. The molecule has 7 heteroatoms. The highest BCUT2D eigenvalue weighted by Crippen LogP contribution is 2.63. The Morgan fingerprint density at radius 3 is 2.67 bits per heavy atom. The quantitative estimate of drug-likeness (QED) is 0.613. The Hall–Kier alpha value is -1.76. The third kappa shape index (κ3) is 2.46. The first-order chi connectivity index (χ1) is 11.2. The fourth-order valence-electron chi connectivity index (χ4n) is 4.07. The van der Waals surface area contributed by atoms with E-state index in [0.29, 0.717) is 10.4 Å². The van der Waals surface area contributed by atoms with Crippen LogP contribution in [0.4, 0.5) is 5.69 Å². The molecule has 0 saturated heterocycles. The molecule has 0 radical (unpaired) electrons. The summed E-state index contributed by atoms with van der Waals surface area (Å²) in [4.78, 5) is 22.8. The minimum Gasteiger partial charge on any atom is -0.267 e. The minimum absolute atomic E-state index is 0.0106. The van der Waals surface area contributed by atoms with Crippen LogP contribution < -0.4 is 5.43 Å². The topological polar surface area (TPSA) is 84.6 Å². The van der Waals surface area contributed by atoms with Gasteiger partial charge in [-0.05, 0) is 58.7 Å². The Kier molecular flexibility index (Phi) is 4.02. The van der Waals surface area contributed by atoms with E-state index in [-0.39, 0.29) is 22.1 Å². The number of carbonyl (C=O) groups is 1. The van der Waals surface area contributed by atoms with Crippen LogP contribution in [0.25, 0.3) is 0 Å². The number of carbonyl (C=O) groups excluding carboxylic acids is 1. The van der Waals surface area contributed by atoms with Crippen LogP contribution in [0.2, 0.25) is 0 Å². The maximum absolute atomic E-state index is 12.3. The number of halogens is 1. The summed E-state index contributed by atoms with van der Waals surface area (Å²) >= 11 is 3.11.